The first-order valence-electron chi connectivity index (χ1n) is 8.33. The fourth-order valence-corrected chi connectivity index (χ4v) is 4.37. The molecule has 1 amide bonds. The lowest BCUT2D eigenvalue weighted by molar-refractivity contribution is -0.170. The molecule has 25 heavy (non-hydrogen) atoms. The SMILES string of the molecule is Cc1ncsc1CN1Cc2cccn2CC(C(=O)N2CC(F)(F)C2)C1. The van der Waals surface area contributed by atoms with Gasteiger partial charge < -0.3 is 9.47 Å². The number of halogens is 2. The highest BCUT2D eigenvalue weighted by Crippen LogP contribution is 2.30. The Labute approximate surface area is 148 Å². The highest BCUT2D eigenvalue weighted by molar-refractivity contribution is 7.09. The number of likely N-dealkylation sites (tertiary alicyclic amines) is 1. The Kier molecular flexibility index (Phi) is 4.11. The average molecular weight is 366 g/mol. The minimum absolute atomic E-state index is 0.168. The molecule has 0 bridgehead atoms. The molecule has 1 unspecified atom stereocenters. The lowest BCUT2D eigenvalue weighted by atomic mass is 10.0. The molecule has 0 radical (unpaired) electrons. The van der Waals surface area contributed by atoms with Crippen molar-refractivity contribution in [2.75, 3.05) is 19.6 Å². The molecule has 1 saturated heterocycles. The van der Waals surface area contributed by atoms with E-state index in [-0.39, 0.29) is 11.8 Å². The van der Waals surface area contributed by atoms with Gasteiger partial charge in [-0.2, -0.15) is 0 Å². The molecule has 0 saturated carbocycles. The minimum atomic E-state index is -2.72. The van der Waals surface area contributed by atoms with Gasteiger partial charge in [0.1, 0.15) is 0 Å². The molecule has 2 aliphatic heterocycles. The molecule has 4 heterocycles. The molecule has 4 rings (SSSR count). The summed E-state index contributed by atoms with van der Waals surface area (Å²) < 4.78 is 28.4. The smallest absolute Gasteiger partial charge is 0.282 e. The largest absolute Gasteiger partial charge is 0.349 e. The van der Waals surface area contributed by atoms with Crippen molar-refractivity contribution >= 4 is 17.2 Å². The number of aromatic nitrogens is 2. The molecule has 2 aromatic rings. The average Bonchev–Trinajstić information content (AvgIpc) is 3.09. The van der Waals surface area contributed by atoms with E-state index < -0.39 is 19.0 Å². The molecule has 0 spiro atoms. The van der Waals surface area contributed by atoms with Crippen molar-refractivity contribution in [3.63, 3.8) is 0 Å². The molecule has 0 N–H and O–H groups in total. The van der Waals surface area contributed by atoms with E-state index in [1.165, 1.54) is 9.78 Å². The van der Waals surface area contributed by atoms with E-state index in [0.717, 1.165) is 24.5 Å². The zero-order valence-electron chi connectivity index (χ0n) is 14.0. The first-order chi connectivity index (χ1) is 11.9. The molecule has 1 fully saturated rings. The maximum Gasteiger partial charge on any atom is 0.282 e. The lowest BCUT2D eigenvalue weighted by Crippen LogP contribution is -2.60. The summed E-state index contributed by atoms with van der Waals surface area (Å²) in [5, 5.41) is 0. The van der Waals surface area contributed by atoms with Crippen molar-refractivity contribution in [1.82, 2.24) is 19.4 Å². The van der Waals surface area contributed by atoms with Crippen molar-refractivity contribution in [3.05, 3.63) is 40.1 Å². The molecule has 2 aliphatic rings. The van der Waals surface area contributed by atoms with Gasteiger partial charge >= 0.3 is 0 Å². The monoisotopic (exact) mass is 366 g/mol. The zero-order valence-corrected chi connectivity index (χ0v) is 14.8. The maximum absolute atomic E-state index is 13.1. The number of rotatable bonds is 3. The number of nitrogens with zero attached hydrogens (tertiary/aromatic N) is 4. The van der Waals surface area contributed by atoms with Crippen LogP contribution >= 0.6 is 11.3 Å². The van der Waals surface area contributed by atoms with Crippen molar-refractivity contribution in [2.45, 2.75) is 32.5 Å². The van der Waals surface area contributed by atoms with Gasteiger partial charge in [0.05, 0.1) is 30.2 Å². The third-order valence-corrected chi connectivity index (χ3v) is 5.84. The zero-order chi connectivity index (χ0) is 17.6. The Balaban J connectivity index is 1.53. The second kappa shape index (κ2) is 6.17. The molecule has 0 aromatic carbocycles. The quantitative estimate of drug-likeness (QED) is 0.837. The topological polar surface area (TPSA) is 41.4 Å². The van der Waals surface area contributed by atoms with Gasteiger partial charge in [0.2, 0.25) is 5.91 Å². The van der Waals surface area contributed by atoms with Crippen LogP contribution in [0.5, 0.6) is 0 Å². The Morgan fingerprint density at radius 3 is 2.88 bits per heavy atom. The van der Waals surface area contributed by atoms with Gasteiger partial charge in [-0.3, -0.25) is 9.69 Å². The molecule has 1 atom stereocenters. The highest BCUT2D eigenvalue weighted by atomic mass is 32.1. The number of aryl methyl sites for hydroxylation is 1. The van der Waals surface area contributed by atoms with E-state index in [4.69, 9.17) is 0 Å². The number of hydrogen-bond acceptors (Lipinski definition) is 4. The Morgan fingerprint density at radius 1 is 1.40 bits per heavy atom. The van der Waals surface area contributed by atoms with Gasteiger partial charge in [-0.15, -0.1) is 11.3 Å². The number of amides is 1. The van der Waals surface area contributed by atoms with Gasteiger partial charge in [0.25, 0.3) is 5.92 Å². The van der Waals surface area contributed by atoms with Crippen molar-refractivity contribution in [3.8, 4) is 0 Å². The molecule has 5 nitrogen and oxygen atoms in total. The van der Waals surface area contributed by atoms with E-state index in [9.17, 15) is 13.6 Å². The number of thiazole rings is 1. The Morgan fingerprint density at radius 2 is 2.20 bits per heavy atom. The normalized spacial score (nSPS) is 23.0. The predicted octanol–water partition coefficient (Wildman–Crippen LogP) is 2.36. The Bertz CT molecular complexity index is 779. The van der Waals surface area contributed by atoms with Crippen LogP contribution in [0.25, 0.3) is 0 Å². The van der Waals surface area contributed by atoms with Gasteiger partial charge in [-0.1, -0.05) is 0 Å². The maximum atomic E-state index is 13.1. The van der Waals surface area contributed by atoms with Crippen LogP contribution in [0.1, 0.15) is 16.3 Å². The van der Waals surface area contributed by atoms with Crippen LogP contribution in [0.15, 0.2) is 23.8 Å². The summed E-state index contributed by atoms with van der Waals surface area (Å²) in [7, 11) is 0. The van der Waals surface area contributed by atoms with Gasteiger partial charge in [0, 0.05) is 42.9 Å². The van der Waals surface area contributed by atoms with Crippen LogP contribution in [0, 0.1) is 12.8 Å². The molecule has 0 aliphatic carbocycles. The van der Waals surface area contributed by atoms with Crippen LogP contribution in [-0.4, -0.2) is 50.8 Å². The summed E-state index contributed by atoms with van der Waals surface area (Å²) in [5.74, 6) is -3.20. The summed E-state index contributed by atoms with van der Waals surface area (Å²) in [6, 6.07) is 4.02. The highest BCUT2D eigenvalue weighted by Gasteiger charge is 2.48. The van der Waals surface area contributed by atoms with E-state index in [1.807, 2.05) is 24.7 Å². The van der Waals surface area contributed by atoms with E-state index in [2.05, 4.69) is 20.5 Å². The molecular weight excluding hydrogens is 346 g/mol. The minimum Gasteiger partial charge on any atom is -0.349 e. The molecule has 2 aromatic heterocycles. The Hall–Kier alpha value is -1.80. The van der Waals surface area contributed by atoms with Gasteiger partial charge in [-0.25, -0.2) is 13.8 Å². The third kappa shape index (κ3) is 3.32. The summed E-state index contributed by atoms with van der Waals surface area (Å²) in [5.41, 5.74) is 3.98. The first-order valence-corrected chi connectivity index (χ1v) is 9.21. The number of alkyl halides is 2. The molecule has 8 heteroatoms. The number of carbonyl (C=O) groups excluding carboxylic acids is 1. The first kappa shape index (κ1) is 16.7. The predicted molar refractivity (Wildman–Crippen MR) is 90.4 cm³/mol. The summed E-state index contributed by atoms with van der Waals surface area (Å²) in [6.07, 6.45) is 1.96. The van der Waals surface area contributed by atoms with Crippen LogP contribution in [0.2, 0.25) is 0 Å². The van der Waals surface area contributed by atoms with E-state index in [0.29, 0.717) is 13.1 Å². The van der Waals surface area contributed by atoms with Gasteiger partial charge in [-0.05, 0) is 19.1 Å². The summed E-state index contributed by atoms with van der Waals surface area (Å²) in [6.45, 7) is 3.66. The fourth-order valence-electron chi connectivity index (χ4n) is 3.56. The van der Waals surface area contributed by atoms with Crippen molar-refractivity contribution < 1.29 is 13.6 Å². The fraction of sp³-hybridized carbons (Fsp3) is 0.529. The number of carbonyl (C=O) groups is 1. The van der Waals surface area contributed by atoms with E-state index >= 15 is 0 Å². The second-order valence-electron chi connectivity index (χ2n) is 6.93. The van der Waals surface area contributed by atoms with Crippen LogP contribution in [0.4, 0.5) is 8.78 Å². The van der Waals surface area contributed by atoms with E-state index in [1.54, 1.807) is 11.3 Å². The van der Waals surface area contributed by atoms with Crippen LogP contribution in [-0.2, 0) is 24.4 Å². The van der Waals surface area contributed by atoms with Crippen molar-refractivity contribution in [1.29, 1.82) is 0 Å². The summed E-state index contributed by atoms with van der Waals surface area (Å²) in [4.78, 5) is 21.7. The second-order valence-corrected chi connectivity index (χ2v) is 7.87. The molecular formula is C17H20F2N4OS. The third-order valence-electron chi connectivity index (χ3n) is 4.92. The summed E-state index contributed by atoms with van der Waals surface area (Å²) >= 11 is 1.61. The van der Waals surface area contributed by atoms with Gasteiger partial charge in [0.15, 0.2) is 0 Å². The van der Waals surface area contributed by atoms with Crippen LogP contribution < -0.4 is 0 Å². The number of hydrogen-bond donors (Lipinski definition) is 0. The lowest BCUT2D eigenvalue weighted by Gasteiger charge is -2.40. The standard InChI is InChI=1S/C17H20F2N4OS/c1-12-15(25-11-20-12)8-21-5-13(6-22-4-2-3-14(22)7-21)16(24)23-9-17(18,19)10-23/h2-4,11,13H,5-10H2,1H3. The van der Waals surface area contributed by atoms with Crippen molar-refractivity contribution in [2.24, 2.45) is 5.92 Å². The van der Waals surface area contributed by atoms with Crippen LogP contribution in [0.3, 0.4) is 0 Å². The number of fused-ring (bicyclic) bond motifs is 1. The molecule has 134 valence electrons.